The van der Waals surface area contributed by atoms with Crippen molar-refractivity contribution in [2.75, 3.05) is 0 Å². The van der Waals surface area contributed by atoms with Gasteiger partial charge in [-0.25, -0.2) is 4.39 Å². The first kappa shape index (κ1) is 9.40. The third kappa shape index (κ3) is 1.59. The smallest absolute Gasteiger partial charge is 0.136 e. The summed E-state index contributed by atoms with van der Waals surface area (Å²) in [7, 11) is 0. The fourth-order valence-corrected chi connectivity index (χ4v) is 2.81. The van der Waals surface area contributed by atoms with Gasteiger partial charge in [0.25, 0.3) is 0 Å². The van der Waals surface area contributed by atoms with E-state index in [0.717, 1.165) is 24.8 Å². The number of aryl methyl sites for hydroxylation is 1. The van der Waals surface area contributed by atoms with E-state index >= 15 is 0 Å². The molecule has 0 saturated carbocycles. The number of fused-ring (bicyclic) bond motifs is 1. The summed E-state index contributed by atoms with van der Waals surface area (Å²) in [6.45, 7) is 0. The highest BCUT2D eigenvalue weighted by atomic mass is 127. The van der Waals surface area contributed by atoms with E-state index in [1.54, 1.807) is 6.07 Å². The SMILES string of the molecule is NC1CCCc2ccc(F)c(I)c21. The van der Waals surface area contributed by atoms with Crippen LogP contribution in [-0.2, 0) is 6.42 Å². The first-order valence-corrected chi connectivity index (χ1v) is 5.50. The van der Waals surface area contributed by atoms with Crippen molar-refractivity contribution in [2.45, 2.75) is 25.3 Å². The van der Waals surface area contributed by atoms with Crippen LogP contribution >= 0.6 is 22.6 Å². The van der Waals surface area contributed by atoms with Crippen molar-refractivity contribution >= 4 is 22.6 Å². The molecule has 0 bridgehead atoms. The second-order valence-corrected chi connectivity index (χ2v) is 4.51. The van der Waals surface area contributed by atoms with Crippen molar-refractivity contribution in [3.05, 3.63) is 32.6 Å². The highest BCUT2D eigenvalue weighted by molar-refractivity contribution is 14.1. The summed E-state index contributed by atoms with van der Waals surface area (Å²) in [6, 6.07) is 3.44. The van der Waals surface area contributed by atoms with Gasteiger partial charge in [0.2, 0.25) is 0 Å². The Kier molecular flexibility index (Phi) is 2.55. The van der Waals surface area contributed by atoms with E-state index in [1.807, 2.05) is 28.7 Å². The van der Waals surface area contributed by atoms with Crippen molar-refractivity contribution in [1.82, 2.24) is 0 Å². The molecule has 0 saturated heterocycles. The second-order valence-electron chi connectivity index (χ2n) is 3.43. The zero-order chi connectivity index (χ0) is 9.42. The van der Waals surface area contributed by atoms with Gasteiger partial charge in [-0.1, -0.05) is 6.07 Å². The average Bonchev–Trinajstić information content (AvgIpc) is 2.12. The third-order valence-electron chi connectivity index (χ3n) is 2.55. The Morgan fingerprint density at radius 1 is 1.46 bits per heavy atom. The van der Waals surface area contributed by atoms with Crippen LogP contribution in [-0.4, -0.2) is 0 Å². The number of hydrogen-bond acceptors (Lipinski definition) is 1. The second kappa shape index (κ2) is 3.53. The molecule has 1 unspecified atom stereocenters. The van der Waals surface area contributed by atoms with Gasteiger partial charge in [-0.2, -0.15) is 0 Å². The van der Waals surface area contributed by atoms with E-state index < -0.39 is 0 Å². The lowest BCUT2D eigenvalue weighted by Crippen LogP contribution is -2.19. The van der Waals surface area contributed by atoms with Gasteiger partial charge in [0.1, 0.15) is 5.82 Å². The van der Waals surface area contributed by atoms with Crippen molar-refractivity contribution in [1.29, 1.82) is 0 Å². The minimum Gasteiger partial charge on any atom is -0.324 e. The lowest BCUT2D eigenvalue weighted by atomic mass is 9.88. The van der Waals surface area contributed by atoms with Gasteiger partial charge in [-0.3, -0.25) is 0 Å². The maximum Gasteiger partial charge on any atom is 0.136 e. The fourth-order valence-electron chi connectivity index (χ4n) is 1.88. The predicted octanol–water partition coefficient (Wildman–Crippen LogP) is 2.77. The van der Waals surface area contributed by atoms with Crippen LogP contribution in [0.1, 0.15) is 30.0 Å². The number of hydrogen-bond donors (Lipinski definition) is 1. The molecule has 1 aliphatic rings. The fraction of sp³-hybridized carbons (Fsp3) is 0.400. The van der Waals surface area contributed by atoms with Crippen LogP contribution in [0.3, 0.4) is 0 Å². The van der Waals surface area contributed by atoms with Crippen LogP contribution in [0, 0.1) is 9.39 Å². The summed E-state index contributed by atoms with van der Waals surface area (Å²) < 4.78 is 13.9. The van der Waals surface area contributed by atoms with Gasteiger partial charge >= 0.3 is 0 Å². The van der Waals surface area contributed by atoms with E-state index in [2.05, 4.69) is 0 Å². The lowest BCUT2D eigenvalue weighted by molar-refractivity contribution is 0.551. The standard InChI is InChI=1S/C10H11FIN/c11-7-5-4-6-2-1-3-8(13)9(6)10(7)12/h4-5,8H,1-3,13H2. The molecule has 0 aliphatic heterocycles. The minimum atomic E-state index is -0.142. The van der Waals surface area contributed by atoms with Crippen LogP contribution in [0.25, 0.3) is 0 Å². The van der Waals surface area contributed by atoms with Gasteiger partial charge in [0.15, 0.2) is 0 Å². The monoisotopic (exact) mass is 291 g/mol. The third-order valence-corrected chi connectivity index (χ3v) is 3.65. The summed E-state index contributed by atoms with van der Waals surface area (Å²) in [6.07, 6.45) is 3.14. The molecule has 2 N–H and O–H groups in total. The summed E-state index contributed by atoms with van der Waals surface area (Å²) in [4.78, 5) is 0. The highest BCUT2D eigenvalue weighted by Gasteiger charge is 2.20. The molecule has 3 heteroatoms. The molecule has 1 aromatic carbocycles. The molecular formula is C10H11FIN. The molecule has 2 rings (SSSR count). The maximum absolute atomic E-state index is 13.2. The first-order valence-electron chi connectivity index (χ1n) is 4.42. The summed E-state index contributed by atoms with van der Waals surface area (Å²) in [5, 5.41) is 0. The Bertz CT molecular complexity index is 338. The van der Waals surface area contributed by atoms with Crippen LogP contribution < -0.4 is 5.73 Å². The van der Waals surface area contributed by atoms with Crippen molar-refractivity contribution in [3.8, 4) is 0 Å². The van der Waals surface area contributed by atoms with Crippen LogP contribution in [0.4, 0.5) is 4.39 Å². The van der Waals surface area contributed by atoms with Gasteiger partial charge in [-0.05, 0) is 59.0 Å². The molecule has 70 valence electrons. The zero-order valence-corrected chi connectivity index (χ0v) is 9.34. The van der Waals surface area contributed by atoms with Crippen LogP contribution in [0.15, 0.2) is 12.1 Å². The number of benzene rings is 1. The molecule has 0 heterocycles. The number of rotatable bonds is 0. The van der Waals surface area contributed by atoms with Gasteiger partial charge in [0, 0.05) is 6.04 Å². The number of halogens is 2. The normalized spacial score (nSPS) is 21.3. The van der Waals surface area contributed by atoms with Gasteiger partial charge in [-0.15, -0.1) is 0 Å². The van der Waals surface area contributed by atoms with E-state index in [-0.39, 0.29) is 11.9 Å². The van der Waals surface area contributed by atoms with Gasteiger partial charge in [0.05, 0.1) is 3.57 Å². The molecule has 1 nitrogen and oxygen atoms in total. The van der Waals surface area contributed by atoms with E-state index in [9.17, 15) is 4.39 Å². The molecule has 1 atom stereocenters. The number of nitrogens with two attached hydrogens (primary N) is 1. The molecule has 0 radical (unpaired) electrons. The largest absolute Gasteiger partial charge is 0.324 e. The first-order chi connectivity index (χ1) is 6.20. The minimum absolute atomic E-state index is 0.0337. The molecule has 0 spiro atoms. The Hall–Kier alpha value is -0.160. The van der Waals surface area contributed by atoms with Gasteiger partial charge < -0.3 is 5.73 Å². The summed E-state index contributed by atoms with van der Waals surface area (Å²) in [5.41, 5.74) is 8.21. The van der Waals surface area contributed by atoms with E-state index in [1.165, 1.54) is 5.56 Å². The lowest BCUT2D eigenvalue weighted by Gasteiger charge is -2.23. The van der Waals surface area contributed by atoms with Crippen molar-refractivity contribution in [3.63, 3.8) is 0 Å². The Labute approximate surface area is 90.7 Å². The van der Waals surface area contributed by atoms with Crippen LogP contribution in [0.5, 0.6) is 0 Å². The molecular weight excluding hydrogens is 280 g/mol. The highest BCUT2D eigenvalue weighted by Crippen LogP contribution is 2.32. The molecule has 0 fully saturated rings. The molecule has 1 aliphatic carbocycles. The Balaban J connectivity index is 2.58. The Morgan fingerprint density at radius 3 is 3.00 bits per heavy atom. The van der Waals surface area contributed by atoms with Crippen LogP contribution in [0.2, 0.25) is 0 Å². The zero-order valence-electron chi connectivity index (χ0n) is 7.19. The molecule has 1 aromatic rings. The molecule has 0 aromatic heterocycles. The topological polar surface area (TPSA) is 26.0 Å². The molecule has 13 heavy (non-hydrogen) atoms. The Morgan fingerprint density at radius 2 is 2.23 bits per heavy atom. The van der Waals surface area contributed by atoms with Crippen molar-refractivity contribution < 1.29 is 4.39 Å². The average molecular weight is 291 g/mol. The summed E-state index contributed by atoms with van der Waals surface area (Å²) >= 11 is 2.05. The van der Waals surface area contributed by atoms with E-state index in [0.29, 0.717) is 3.57 Å². The van der Waals surface area contributed by atoms with Crippen molar-refractivity contribution in [2.24, 2.45) is 5.73 Å². The quantitative estimate of drug-likeness (QED) is 0.731. The predicted molar refractivity (Wildman–Crippen MR) is 59.0 cm³/mol. The molecule has 0 amide bonds. The summed E-state index contributed by atoms with van der Waals surface area (Å²) in [5.74, 6) is -0.142. The van der Waals surface area contributed by atoms with E-state index in [4.69, 9.17) is 5.73 Å². The maximum atomic E-state index is 13.2.